The Labute approximate surface area is 146 Å². The topological polar surface area (TPSA) is 77.8 Å². The molecule has 0 atom stereocenters. The molecule has 0 fully saturated rings. The Kier molecular flexibility index (Phi) is 3.88. The number of hydrogen-bond donors (Lipinski definition) is 2. The molecule has 0 spiro atoms. The summed E-state index contributed by atoms with van der Waals surface area (Å²) in [5, 5.41) is 0.865. The number of fused-ring (bicyclic) bond motifs is 1. The van der Waals surface area contributed by atoms with E-state index in [0.29, 0.717) is 12.4 Å². The van der Waals surface area contributed by atoms with Gasteiger partial charge >= 0.3 is 0 Å². The van der Waals surface area contributed by atoms with Gasteiger partial charge in [-0.25, -0.2) is 9.97 Å². The van der Waals surface area contributed by atoms with Crippen molar-refractivity contribution in [2.45, 2.75) is 6.54 Å². The molecule has 0 aliphatic carbocycles. The summed E-state index contributed by atoms with van der Waals surface area (Å²) in [6.45, 7) is 0.527. The number of nitrogen functional groups attached to an aromatic ring is 1. The number of nitrogens with zero attached hydrogens (tertiary/aromatic N) is 2. The monoisotopic (exact) mass is 326 g/mol. The molecule has 2 heterocycles. The van der Waals surface area contributed by atoms with Crippen LogP contribution in [-0.4, -0.2) is 9.97 Å². The molecule has 2 aromatic carbocycles. The van der Waals surface area contributed by atoms with Gasteiger partial charge in [-0.15, -0.1) is 0 Å². The lowest BCUT2D eigenvalue weighted by molar-refractivity contribution is 1.07. The zero-order valence-electron chi connectivity index (χ0n) is 13.7. The summed E-state index contributed by atoms with van der Waals surface area (Å²) in [5.41, 5.74) is 17.8. The Bertz CT molecular complexity index is 1020. The van der Waals surface area contributed by atoms with Crippen LogP contribution in [-0.2, 0) is 6.54 Å². The molecule has 25 heavy (non-hydrogen) atoms. The van der Waals surface area contributed by atoms with E-state index >= 15 is 0 Å². The summed E-state index contributed by atoms with van der Waals surface area (Å²) in [6, 6.07) is 22.4. The number of benzene rings is 2. The van der Waals surface area contributed by atoms with Crippen molar-refractivity contribution in [3.8, 4) is 22.4 Å². The number of pyridine rings is 2. The van der Waals surface area contributed by atoms with Gasteiger partial charge < -0.3 is 11.5 Å². The lowest BCUT2D eigenvalue weighted by Crippen LogP contribution is -1.97. The quantitative estimate of drug-likeness (QED) is 0.596. The van der Waals surface area contributed by atoms with Gasteiger partial charge in [0.25, 0.3) is 0 Å². The molecule has 0 radical (unpaired) electrons. The van der Waals surface area contributed by atoms with Crippen LogP contribution < -0.4 is 11.5 Å². The fourth-order valence-electron chi connectivity index (χ4n) is 2.97. The lowest BCUT2D eigenvalue weighted by atomic mass is 9.97. The van der Waals surface area contributed by atoms with Crippen LogP contribution in [0.2, 0.25) is 0 Å². The molecule has 0 bridgehead atoms. The first-order valence-electron chi connectivity index (χ1n) is 8.16. The molecule has 0 saturated carbocycles. The highest BCUT2D eigenvalue weighted by Gasteiger charge is 2.13. The second-order valence-electron chi connectivity index (χ2n) is 5.91. The molecule has 0 amide bonds. The third kappa shape index (κ3) is 2.84. The summed E-state index contributed by atoms with van der Waals surface area (Å²) < 4.78 is 0. The summed E-state index contributed by atoms with van der Waals surface area (Å²) in [6.07, 6.45) is 1.69. The molecule has 2 aromatic heterocycles. The minimum absolute atomic E-state index is 0.493. The molecule has 4 heteroatoms. The van der Waals surface area contributed by atoms with Crippen molar-refractivity contribution in [2.24, 2.45) is 5.73 Å². The predicted octanol–water partition coefficient (Wildman–Crippen LogP) is 4.00. The minimum atomic E-state index is 0.493. The van der Waals surface area contributed by atoms with E-state index in [1.54, 1.807) is 6.20 Å². The SMILES string of the molecule is NCc1ccc(-c2nc3ccnc(N)c3cc2-c2ccccc2)cc1. The molecular weight excluding hydrogens is 308 g/mol. The molecule has 4 aromatic rings. The average Bonchev–Trinajstić information content (AvgIpc) is 2.68. The van der Waals surface area contributed by atoms with E-state index in [1.165, 1.54) is 0 Å². The highest BCUT2D eigenvalue weighted by molar-refractivity contribution is 5.96. The van der Waals surface area contributed by atoms with Crippen LogP contribution >= 0.6 is 0 Å². The van der Waals surface area contributed by atoms with E-state index in [1.807, 2.05) is 36.4 Å². The zero-order chi connectivity index (χ0) is 17.2. The van der Waals surface area contributed by atoms with Crippen LogP contribution in [0.4, 0.5) is 5.82 Å². The lowest BCUT2D eigenvalue weighted by Gasteiger charge is -2.12. The van der Waals surface area contributed by atoms with E-state index in [0.717, 1.165) is 38.9 Å². The van der Waals surface area contributed by atoms with Gasteiger partial charge in [0.1, 0.15) is 5.82 Å². The van der Waals surface area contributed by atoms with Gasteiger partial charge in [-0.2, -0.15) is 0 Å². The predicted molar refractivity (Wildman–Crippen MR) is 103 cm³/mol. The van der Waals surface area contributed by atoms with E-state index < -0.39 is 0 Å². The molecule has 122 valence electrons. The van der Waals surface area contributed by atoms with Gasteiger partial charge in [-0.05, 0) is 23.3 Å². The Balaban J connectivity index is 2.00. The summed E-state index contributed by atoms with van der Waals surface area (Å²) in [4.78, 5) is 9.08. The van der Waals surface area contributed by atoms with Crippen LogP contribution in [0.5, 0.6) is 0 Å². The van der Waals surface area contributed by atoms with Crippen LogP contribution in [0.15, 0.2) is 72.9 Å². The Morgan fingerprint density at radius 3 is 2.32 bits per heavy atom. The highest BCUT2D eigenvalue weighted by Crippen LogP contribution is 2.34. The van der Waals surface area contributed by atoms with E-state index in [-0.39, 0.29) is 0 Å². The van der Waals surface area contributed by atoms with E-state index in [4.69, 9.17) is 16.5 Å². The smallest absolute Gasteiger partial charge is 0.132 e. The van der Waals surface area contributed by atoms with Crippen molar-refractivity contribution in [1.29, 1.82) is 0 Å². The van der Waals surface area contributed by atoms with Crippen LogP contribution in [0.1, 0.15) is 5.56 Å². The number of hydrogen-bond acceptors (Lipinski definition) is 4. The zero-order valence-corrected chi connectivity index (χ0v) is 13.7. The Morgan fingerprint density at radius 2 is 1.60 bits per heavy atom. The first-order valence-corrected chi connectivity index (χ1v) is 8.16. The maximum atomic E-state index is 6.06. The molecule has 4 N–H and O–H groups in total. The maximum Gasteiger partial charge on any atom is 0.132 e. The molecular formula is C21H18N4. The van der Waals surface area contributed by atoms with Crippen LogP contribution in [0.25, 0.3) is 33.3 Å². The maximum absolute atomic E-state index is 6.06. The Morgan fingerprint density at radius 1 is 0.840 bits per heavy atom. The Hall–Kier alpha value is -3.24. The van der Waals surface area contributed by atoms with Gasteiger partial charge in [0.05, 0.1) is 11.2 Å². The first-order chi connectivity index (χ1) is 12.3. The number of anilines is 1. The van der Waals surface area contributed by atoms with Crippen molar-refractivity contribution in [2.75, 3.05) is 5.73 Å². The van der Waals surface area contributed by atoms with Crippen molar-refractivity contribution in [1.82, 2.24) is 9.97 Å². The summed E-state index contributed by atoms with van der Waals surface area (Å²) >= 11 is 0. The second kappa shape index (κ2) is 6.34. The van der Waals surface area contributed by atoms with Crippen molar-refractivity contribution >= 4 is 16.7 Å². The van der Waals surface area contributed by atoms with Crippen molar-refractivity contribution in [3.05, 3.63) is 78.5 Å². The number of rotatable bonds is 3. The van der Waals surface area contributed by atoms with Crippen molar-refractivity contribution in [3.63, 3.8) is 0 Å². The molecule has 0 aliphatic rings. The van der Waals surface area contributed by atoms with Gasteiger partial charge in [0.15, 0.2) is 0 Å². The highest BCUT2D eigenvalue weighted by atomic mass is 14.8. The van der Waals surface area contributed by atoms with Crippen LogP contribution in [0.3, 0.4) is 0 Å². The number of aromatic nitrogens is 2. The largest absolute Gasteiger partial charge is 0.383 e. The van der Waals surface area contributed by atoms with E-state index in [2.05, 4.69) is 35.3 Å². The minimum Gasteiger partial charge on any atom is -0.383 e. The average molecular weight is 326 g/mol. The van der Waals surface area contributed by atoms with Crippen LogP contribution in [0, 0.1) is 0 Å². The number of nitrogens with two attached hydrogens (primary N) is 2. The summed E-state index contributed by atoms with van der Waals surface area (Å²) in [7, 11) is 0. The molecule has 0 aliphatic heterocycles. The van der Waals surface area contributed by atoms with Gasteiger partial charge in [0, 0.05) is 29.3 Å². The van der Waals surface area contributed by atoms with Gasteiger partial charge in [-0.1, -0.05) is 54.6 Å². The van der Waals surface area contributed by atoms with Gasteiger partial charge in [-0.3, -0.25) is 0 Å². The third-order valence-corrected chi connectivity index (χ3v) is 4.32. The van der Waals surface area contributed by atoms with Gasteiger partial charge in [0.2, 0.25) is 0 Å². The third-order valence-electron chi connectivity index (χ3n) is 4.32. The molecule has 0 unspecified atom stereocenters. The standard InChI is InChI=1S/C21H18N4/c22-13-14-6-8-16(9-7-14)20-17(15-4-2-1-3-5-15)12-18-19(25-20)10-11-24-21(18)23/h1-12H,13,22H2,(H2,23,24). The normalized spacial score (nSPS) is 10.9. The molecule has 4 nitrogen and oxygen atoms in total. The van der Waals surface area contributed by atoms with Crippen molar-refractivity contribution < 1.29 is 0 Å². The van der Waals surface area contributed by atoms with E-state index in [9.17, 15) is 0 Å². The fourth-order valence-corrected chi connectivity index (χ4v) is 2.97. The molecule has 4 rings (SSSR count). The molecule has 0 saturated heterocycles. The first kappa shape index (κ1) is 15.3. The fraction of sp³-hybridized carbons (Fsp3) is 0.0476. The summed E-state index contributed by atoms with van der Waals surface area (Å²) in [5.74, 6) is 0.493. The second-order valence-corrected chi connectivity index (χ2v) is 5.91.